The molecule has 2 aromatic rings. The lowest BCUT2D eigenvalue weighted by Gasteiger charge is -2.31. The predicted molar refractivity (Wildman–Crippen MR) is 91.5 cm³/mol. The molecule has 27 heavy (non-hydrogen) atoms. The molecule has 1 amide bonds. The van der Waals surface area contributed by atoms with Crippen LogP contribution in [-0.2, 0) is 11.3 Å². The summed E-state index contributed by atoms with van der Waals surface area (Å²) < 4.78 is 47.9. The molecular weight excluding hydrogens is 361 g/mol. The minimum atomic E-state index is -3.12. The first kappa shape index (κ1) is 18.8. The molecule has 0 saturated heterocycles. The van der Waals surface area contributed by atoms with Crippen LogP contribution in [0, 0.1) is 5.82 Å². The van der Waals surface area contributed by atoms with Gasteiger partial charge in [0.1, 0.15) is 5.60 Å². The number of carbonyl (C=O) groups is 1. The summed E-state index contributed by atoms with van der Waals surface area (Å²) in [5.74, 6) is -1.43. The highest BCUT2D eigenvalue weighted by Gasteiger charge is 2.28. The van der Waals surface area contributed by atoms with E-state index in [1.54, 1.807) is 38.4 Å². The molecule has 0 aliphatic carbocycles. The molecule has 0 unspecified atom stereocenters. The Kier molecular flexibility index (Phi) is 5.07. The molecule has 142 valence electrons. The second-order valence-electron chi connectivity index (χ2n) is 6.52. The Labute approximate surface area is 154 Å². The zero-order chi connectivity index (χ0) is 19.6. The average Bonchev–Trinajstić information content (AvgIpc) is 2.59. The van der Waals surface area contributed by atoms with Gasteiger partial charge in [0.2, 0.25) is 0 Å². The molecule has 1 aromatic carbocycles. The van der Waals surface area contributed by atoms with Crippen LogP contribution in [0.25, 0.3) is 11.1 Å². The highest BCUT2D eigenvalue weighted by molar-refractivity contribution is 5.71. The standard InChI is InChI=1S/C19H17F3N2O3/c1-19(2)5-6-24(18(25)27-19)11-12-7-14(10-23-9-12)13-3-4-15(20)16(8-13)26-17(21)22/h3-10,17H,11H2,1-2H3. The number of benzene rings is 1. The topological polar surface area (TPSA) is 51.7 Å². The fraction of sp³-hybridized carbons (Fsp3) is 0.263. The molecule has 0 radical (unpaired) electrons. The summed E-state index contributed by atoms with van der Waals surface area (Å²) in [6, 6.07) is 5.39. The quantitative estimate of drug-likeness (QED) is 0.755. The lowest BCUT2D eigenvalue weighted by molar-refractivity contribution is -0.0521. The molecule has 3 rings (SSSR count). The van der Waals surface area contributed by atoms with Gasteiger partial charge in [-0.25, -0.2) is 9.18 Å². The Morgan fingerprint density at radius 2 is 2.00 bits per heavy atom. The van der Waals surface area contributed by atoms with Crippen molar-refractivity contribution < 1.29 is 27.4 Å². The van der Waals surface area contributed by atoms with E-state index in [4.69, 9.17) is 4.74 Å². The van der Waals surface area contributed by atoms with Crippen LogP contribution in [-0.4, -0.2) is 28.2 Å². The molecule has 1 aliphatic heterocycles. The summed E-state index contributed by atoms with van der Waals surface area (Å²) in [6.07, 6.45) is 6.01. The van der Waals surface area contributed by atoms with Crippen molar-refractivity contribution in [2.75, 3.05) is 0 Å². The fourth-order valence-corrected chi connectivity index (χ4v) is 2.56. The van der Waals surface area contributed by atoms with Gasteiger partial charge in [-0.15, -0.1) is 0 Å². The monoisotopic (exact) mass is 378 g/mol. The summed E-state index contributed by atoms with van der Waals surface area (Å²) >= 11 is 0. The van der Waals surface area contributed by atoms with Gasteiger partial charge in [0, 0.05) is 24.2 Å². The first-order valence-corrected chi connectivity index (χ1v) is 8.11. The normalized spacial score (nSPS) is 15.8. The summed E-state index contributed by atoms with van der Waals surface area (Å²) in [4.78, 5) is 17.6. The van der Waals surface area contributed by atoms with Crippen molar-refractivity contribution in [3.8, 4) is 16.9 Å². The molecule has 0 saturated carbocycles. The number of hydrogen-bond acceptors (Lipinski definition) is 4. The Morgan fingerprint density at radius 1 is 1.22 bits per heavy atom. The van der Waals surface area contributed by atoms with Gasteiger partial charge in [-0.3, -0.25) is 9.88 Å². The second kappa shape index (κ2) is 7.30. The largest absolute Gasteiger partial charge is 0.439 e. The highest BCUT2D eigenvalue weighted by atomic mass is 19.3. The van der Waals surface area contributed by atoms with E-state index in [0.717, 1.165) is 6.07 Å². The number of ether oxygens (including phenoxy) is 2. The third kappa shape index (κ3) is 4.58. The summed E-state index contributed by atoms with van der Waals surface area (Å²) in [6.45, 7) is 0.636. The number of halogens is 3. The van der Waals surface area contributed by atoms with Crippen LogP contribution in [0.5, 0.6) is 5.75 Å². The molecule has 1 aromatic heterocycles. The van der Waals surface area contributed by atoms with Crippen LogP contribution >= 0.6 is 0 Å². The number of cyclic esters (lactones) is 1. The number of aromatic nitrogens is 1. The van der Waals surface area contributed by atoms with Crippen molar-refractivity contribution >= 4 is 6.09 Å². The molecule has 0 bridgehead atoms. The van der Waals surface area contributed by atoms with Gasteiger partial charge in [-0.05, 0) is 49.2 Å². The summed E-state index contributed by atoms with van der Waals surface area (Å²) in [5, 5.41) is 0. The van der Waals surface area contributed by atoms with Crippen molar-refractivity contribution in [1.29, 1.82) is 0 Å². The fourth-order valence-electron chi connectivity index (χ4n) is 2.56. The van der Waals surface area contributed by atoms with Crippen molar-refractivity contribution in [3.05, 3.63) is 60.3 Å². The zero-order valence-corrected chi connectivity index (χ0v) is 14.7. The van der Waals surface area contributed by atoms with Gasteiger partial charge < -0.3 is 9.47 Å². The minimum Gasteiger partial charge on any atom is -0.439 e. The molecule has 0 spiro atoms. The number of alkyl halides is 2. The Balaban J connectivity index is 1.83. The predicted octanol–water partition coefficient (Wildman–Crippen LogP) is 4.73. The van der Waals surface area contributed by atoms with Gasteiger partial charge in [-0.2, -0.15) is 8.78 Å². The highest BCUT2D eigenvalue weighted by Crippen LogP contribution is 2.28. The second-order valence-corrected chi connectivity index (χ2v) is 6.52. The number of pyridine rings is 1. The van der Waals surface area contributed by atoms with Crippen molar-refractivity contribution in [1.82, 2.24) is 9.88 Å². The molecule has 0 atom stereocenters. The van der Waals surface area contributed by atoms with Gasteiger partial charge in [0.05, 0.1) is 6.54 Å². The minimum absolute atomic E-state index is 0.216. The molecule has 2 heterocycles. The summed E-state index contributed by atoms with van der Waals surface area (Å²) in [7, 11) is 0. The maximum absolute atomic E-state index is 13.6. The van der Waals surface area contributed by atoms with E-state index >= 15 is 0 Å². The first-order chi connectivity index (χ1) is 12.7. The smallest absolute Gasteiger partial charge is 0.414 e. The average molecular weight is 378 g/mol. The van der Waals surface area contributed by atoms with Gasteiger partial charge in [0.15, 0.2) is 11.6 Å². The number of rotatable bonds is 5. The number of carbonyl (C=O) groups excluding carboxylic acids is 1. The zero-order valence-electron chi connectivity index (χ0n) is 14.7. The number of nitrogens with zero attached hydrogens (tertiary/aromatic N) is 2. The Bertz CT molecular complexity index is 884. The van der Waals surface area contributed by atoms with Crippen LogP contribution in [0.2, 0.25) is 0 Å². The lowest BCUT2D eigenvalue weighted by Crippen LogP contribution is -2.38. The van der Waals surface area contributed by atoms with E-state index in [1.807, 2.05) is 0 Å². The van der Waals surface area contributed by atoms with Gasteiger partial charge in [0.25, 0.3) is 0 Å². The van der Waals surface area contributed by atoms with E-state index in [9.17, 15) is 18.0 Å². The number of hydrogen-bond donors (Lipinski definition) is 0. The van der Waals surface area contributed by atoms with Crippen LogP contribution in [0.3, 0.4) is 0 Å². The molecule has 5 nitrogen and oxygen atoms in total. The van der Waals surface area contributed by atoms with E-state index in [-0.39, 0.29) is 6.54 Å². The van der Waals surface area contributed by atoms with E-state index in [2.05, 4.69) is 9.72 Å². The molecule has 1 aliphatic rings. The van der Waals surface area contributed by atoms with Crippen LogP contribution in [0.15, 0.2) is 48.9 Å². The SMILES string of the molecule is CC1(C)C=CN(Cc2cncc(-c3ccc(F)c(OC(F)F)c3)c2)C(=O)O1. The maximum atomic E-state index is 13.6. The van der Waals surface area contributed by atoms with Crippen molar-refractivity contribution in [2.45, 2.75) is 32.6 Å². The van der Waals surface area contributed by atoms with E-state index in [0.29, 0.717) is 16.7 Å². The Hall–Kier alpha value is -3.03. The molecule has 0 fully saturated rings. The van der Waals surface area contributed by atoms with Gasteiger partial charge >= 0.3 is 12.7 Å². The van der Waals surface area contributed by atoms with Crippen LogP contribution in [0.4, 0.5) is 18.0 Å². The third-order valence-electron chi connectivity index (χ3n) is 3.87. The molecule has 8 heteroatoms. The van der Waals surface area contributed by atoms with Gasteiger partial charge in [-0.1, -0.05) is 6.07 Å². The van der Waals surface area contributed by atoms with E-state index in [1.165, 1.54) is 23.2 Å². The van der Waals surface area contributed by atoms with Crippen molar-refractivity contribution in [2.24, 2.45) is 0 Å². The maximum Gasteiger partial charge on any atom is 0.414 e. The molecule has 0 N–H and O–H groups in total. The van der Waals surface area contributed by atoms with Crippen molar-refractivity contribution in [3.63, 3.8) is 0 Å². The van der Waals surface area contributed by atoms with E-state index < -0.39 is 29.9 Å². The lowest BCUT2D eigenvalue weighted by atomic mass is 10.1. The molecular formula is C19H17F3N2O3. The summed E-state index contributed by atoms with van der Waals surface area (Å²) in [5.41, 5.74) is 1.05. The number of amides is 1. The third-order valence-corrected chi connectivity index (χ3v) is 3.87. The first-order valence-electron chi connectivity index (χ1n) is 8.11. The Morgan fingerprint density at radius 3 is 2.70 bits per heavy atom. The van der Waals surface area contributed by atoms with Crippen LogP contribution < -0.4 is 4.74 Å². The van der Waals surface area contributed by atoms with Crippen LogP contribution in [0.1, 0.15) is 19.4 Å².